The van der Waals surface area contributed by atoms with Gasteiger partial charge in [-0.25, -0.2) is 0 Å². The van der Waals surface area contributed by atoms with Gasteiger partial charge in [0.2, 0.25) is 0 Å². The van der Waals surface area contributed by atoms with Crippen molar-refractivity contribution in [1.29, 1.82) is 0 Å². The van der Waals surface area contributed by atoms with Crippen molar-refractivity contribution in [3.05, 3.63) is 34.4 Å². The van der Waals surface area contributed by atoms with Crippen LogP contribution in [0.2, 0.25) is 0 Å². The van der Waals surface area contributed by atoms with Gasteiger partial charge in [-0.05, 0) is 27.4 Å². The van der Waals surface area contributed by atoms with Crippen LogP contribution >= 0.6 is 27.3 Å². The van der Waals surface area contributed by atoms with Crippen molar-refractivity contribution in [1.82, 2.24) is 9.19 Å². The summed E-state index contributed by atoms with van der Waals surface area (Å²) in [6.45, 7) is 0. The van der Waals surface area contributed by atoms with Gasteiger partial charge in [0.15, 0.2) is 0 Å². The number of hydrogen-bond donors (Lipinski definition) is 0. The van der Waals surface area contributed by atoms with Crippen LogP contribution in [0.5, 0.6) is 0 Å². The second kappa shape index (κ2) is 3.48. The normalized spacial score (nSPS) is 11.8. The summed E-state index contributed by atoms with van der Waals surface area (Å²) >= 11 is 4.31. The van der Waals surface area contributed by atoms with Gasteiger partial charge in [0.25, 0.3) is 10.0 Å². The summed E-state index contributed by atoms with van der Waals surface area (Å²) in [7, 11) is -3.48. The van der Waals surface area contributed by atoms with E-state index in [9.17, 15) is 8.42 Å². The van der Waals surface area contributed by atoms with Gasteiger partial charge in [-0.2, -0.15) is 17.6 Å². The Morgan fingerprint density at radius 3 is 2.79 bits per heavy atom. The molecule has 0 N–H and O–H groups in total. The van der Waals surface area contributed by atoms with E-state index in [0.717, 1.165) is 4.09 Å². The van der Waals surface area contributed by atoms with Crippen LogP contribution in [0, 0.1) is 0 Å². The molecule has 0 unspecified atom stereocenters. The first kappa shape index (κ1) is 9.88. The van der Waals surface area contributed by atoms with E-state index in [-0.39, 0.29) is 4.21 Å². The summed E-state index contributed by atoms with van der Waals surface area (Å²) in [5.74, 6) is 0. The monoisotopic (exact) mass is 292 g/mol. The molecular formula is C7H5BrN2O2S2. The lowest BCUT2D eigenvalue weighted by Gasteiger charge is -1.99. The molecule has 0 saturated heterocycles. The molecule has 0 aliphatic carbocycles. The molecule has 7 heteroatoms. The van der Waals surface area contributed by atoms with Crippen LogP contribution in [-0.2, 0) is 10.0 Å². The third-order valence-electron chi connectivity index (χ3n) is 1.52. The largest absolute Gasteiger partial charge is 0.292 e. The van der Waals surface area contributed by atoms with E-state index in [1.54, 1.807) is 17.5 Å². The summed E-state index contributed by atoms with van der Waals surface area (Å²) < 4.78 is 25.5. The highest BCUT2D eigenvalue weighted by molar-refractivity contribution is 9.10. The molecule has 0 fully saturated rings. The molecule has 0 aromatic carbocycles. The first-order valence-corrected chi connectivity index (χ1v) is 6.71. The maximum atomic E-state index is 11.8. The van der Waals surface area contributed by atoms with Gasteiger partial charge in [0, 0.05) is 0 Å². The van der Waals surface area contributed by atoms with Gasteiger partial charge < -0.3 is 0 Å². The van der Waals surface area contributed by atoms with Gasteiger partial charge in [-0.15, -0.1) is 11.3 Å². The van der Waals surface area contributed by atoms with Crippen molar-refractivity contribution in [3.63, 3.8) is 0 Å². The fourth-order valence-electron chi connectivity index (χ4n) is 0.918. The van der Waals surface area contributed by atoms with Crippen LogP contribution in [0.25, 0.3) is 0 Å². The maximum absolute atomic E-state index is 11.8. The van der Waals surface area contributed by atoms with Crippen molar-refractivity contribution in [3.8, 4) is 0 Å². The van der Waals surface area contributed by atoms with E-state index in [1.807, 2.05) is 0 Å². The predicted octanol–water partition coefficient (Wildman–Crippen LogP) is 1.94. The third-order valence-corrected chi connectivity index (χ3v) is 4.85. The summed E-state index contributed by atoms with van der Waals surface area (Å²) in [6.07, 6.45) is 2.85. The molecule has 0 saturated carbocycles. The third kappa shape index (κ3) is 1.62. The fourth-order valence-corrected chi connectivity index (χ4v) is 3.53. The lowest BCUT2D eigenvalue weighted by Crippen LogP contribution is -2.11. The van der Waals surface area contributed by atoms with E-state index in [0.29, 0.717) is 4.47 Å². The summed E-state index contributed by atoms with van der Waals surface area (Å²) in [4.78, 5) is 0. The molecule has 2 aromatic heterocycles. The van der Waals surface area contributed by atoms with Crippen LogP contribution < -0.4 is 0 Å². The van der Waals surface area contributed by atoms with E-state index >= 15 is 0 Å². The molecule has 0 bridgehead atoms. The Balaban J connectivity index is 2.54. The van der Waals surface area contributed by atoms with E-state index in [2.05, 4.69) is 21.0 Å². The topological polar surface area (TPSA) is 52.0 Å². The number of hydrogen-bond acceptors (Lipinski definition) is 4. The van der Waals surface area contributed by atoms with E-state index in [4.69, 9.17) is 0 Å². The zero-order chi connectivity index (χ0) is 10.2. The smallest absolute Gasteiger partial charge is 0.198 e. The van der Waals surface area contributed by atoms with Gasteiger partial charge in [0.1, 0.15) is 4.21 Å². The van der Waals surface area contributed by atoms with Crippen LogP contribution in [0.15, 0.2) is 38.6 Å². The SMILES string of the molecule is O=S(=O)(c1cccs1)n1cc(Br)cn1. The number of nitrogens with zero attached hydrogens (tertiary/aromatic N) is 2. The second-order valence-electron chi connectivity index (χ2n) is 2.47. The average molecular weight is 293 g/mol. The van der Waals surface area contributed by atoms with E-state index in [1.165, 1.54) is 23.7 Å². The van der Waals surface area contributed by atoms with Crippen molar-refractivity contribution in [2.75, 3.05) is 0 Å². The summed E-state index contributed by atoms with van der Waals surface area (Å²) in [6, 6.07) is 3.24. The number of thiophene rings is 1. The summed E-state index contributed by atoms with van der Waals surface area (Å²) in [5, 5.41) is 5.45. The number of halogens is 1. The molecule has 0 radical (unpaired) electrons. The molecule has 14 heavy (non-hydrogen) atoms. The zero-order valence-electron chi connectivity index (χ0n) is 6.79. The molecule has 0 atom stereocenters. The van der Waals surface area contributed by atoms with Crippen molar-refractivity contribution >= 4 is 37.3 Å². The molecule has 2 rings (SSSR count). The zero-order valence-corrected chi connectivity index (χ0v) is 10.0. The standard InChI is InChI=1S/C7H5BrN2O2S2/c8-6-4-9-10(5-6)14(11,12)7-2-1-3-13-7/h1-5H. The van der Waals surface area contributed by atoms with Crippen LogP contribution in [0.1, 0.15) is 0 Å². The van der Waals surface area contributed by atoms with Gasteiger partial charge in [0.05, 0.1) is 16.9 Å². The van der Waals surface area contributed by atoms with Crippen molar-refractivity contribution < 1.29 is 8.42 Å². The molecule has 2 heterocycles. The molecule has 4 nitrogen and oxygen atoms in total. The highest BCUT2D eigenvalue weighted by Gasteiger charge is 2.18. The summed E-state index contributed by atoms with van der Waals surface area (Å²) in [5.41, 5.74) is 0. The molecular weight excluding hydrogens is 288 g/mol. The predicted molar refractivity (Wildman–Crippen MR) is 56.8 cm³/mol. The Morgan fingerprint density at radius 1 is 1.50 bits per heavy atom. The molecule has 2 aromatic rings. The van der Waals surface area contributed by atoms with Crippen LogP contribution in [-0.4, -0.2) is 17.6 Å². The molecule has 0 aliphatic rings. The van der Waals surface area contributed by atoms with Gasteiger partial charge in [-0.1, -0.05) is 6.07 Å². The lowest BCUT2D eigenvalue weighted by molar-refractivity contribution is 0.582. The minimum absolute atomic E-state index is 0.285. The first-order valence-electron chi connectivity index (χ1n) is 3.60. The molecule has 0 spiro atoms. The number of rotatable bonds is 2. The van der Waals surface area contributed by atoms with Crippen molar-refractivity contribution in [2.24, 2.45) is 0 Å². The Bertz CT molecular complexity index is 530. The Hall–Kier alpha value is -0.660. The van der Waals surface area contributed by atoms with Crippen molar-refractivity contribution in [2.45, 2.75) is 4.21 Å². The first-order chi connectivity index (χ1) is 6.60. The Morgan fingerprint density at radius 2 is 2.29 bits per heavy atom. The Labute approximate surface area is 93.4 Å². The maximum Gasteiger partial charge on any atom is 0.292 e. The Kier molecular flexibility index (Phi) is 2.46. The highest BCUT2D eigenvalue weighted by Crippen LogP contribution is 2.19. The van der Waals surface area contributed by atoms with Crippen LogP contribution in [0.4, 0.5) is 0 Å². The fraction of sp³-hybridized carbons (Fsp3) is 0. The molecule has 0 aliphatic heterocycles. The minimum Gasteiger partial charge on any atom is -0.198 e. The average Bonchev–Trinajstić information content (AvgIpc) is 2.72. The van der Waals surface area contributed by atoms with Gasteiger partial charge in [-0.3, -0.25) is 0 Å². The molecule has 74 valence electrons. The highest BCUT2D eigenvalue weighted by atomic mass is 79.9. The van der Waals surface area contributed by atoms with Crippen LogP contribution in [0.3, 0.4) is 0 Å². The minimum atomic E-state index is -3.48. The number of aromatic nitrogens is 2. The quantitative estimate of drug-likeness (QED) is 0.850. The van der Waals surface area contributed by atoms with Gasteiger partial charge >= 0.3 is 0 Å². The van der Waals surface area contributed by atoms with E-state index < -0.39 is 10.0 Å². The lowest BCUT2D eigenvalue weighted by atomic mass is 10.7. The second-order valence-corrected chi connectivity index (χ2v) is 6.35. The molecule has 0 amide bonds.